The van der Waals surface area contributed by atoms with E-state index in [2.05, 4.69) is 22.5 Å². The molecule has 1 aromatic carbocycles. The summed E-state index contributed by atoms with van der Waals surface area (Å²) in [7, 11) is 0. The van der Waals surface area contributed by atoms with Gasteiger partial charge < -0.3 is 9.55 Å². The monoisotopic (exact) mass is 294 g/mol. The molecule has 1 aromatic heterocycles. The van der Waals surface area contributed by atoms with E-state index < -0.39 is 0 Å². The van der Waals surface area contributed by atoms with Gasteiger partial charge in [-0.1, -0.05) is 37.4 Å². The highest BCUT2D eigenvalue weighted by molar-refractivity contribution is 7.71. The summed E-state index contributed by atoms with van der Waals surface area (Å²) in [6.45, 7) is 3.32. The number of nitrogens with one attached hydrogen (secondary N) is 1. The van der Waals surface area contributed by atoms with Gasteiger partial charge >= 0.3 is 0 Å². The maximum absolute atomic E-state index is 6.24. The maximum Gasteiger partial charge on any atom is 0.178 e. The maximum atomic E-state index is 6.24. The van der Waals surface area contributed by atoms with Crippen molar-refractivity contribution in [1.82, 2.24) is 9.55 Å². The van der Waals surface area contributed by atoms with E-state index in [-0.39, 0.29) is 0 Å². The smallest absolute Gasteiger partial charge is 0.178 e. The van der Waals surface area contributed by atoms with Crippen LogP contribution in [-0.2, 0) is 6.54 Å². The van der Waals surface area contributed by atoms with E-state index in [0.29, 0.717) is 5.41 Å². The molecule has 0 bridgehead atoms. The van der Waals surface area contributed by atoms with Gasteiger partial charge in [0.1, 0.15) is 0 Å². The summed E-state index contributed by atoms with van der Waals surface area (Å²) in [6.07, 6.45) is 6.56. The first-order valence-corrected chi connectivity index (χ1v) is 7.81. The summed E-state index contributed by atoms with van der Waals surface area (Å²) in [4.78, 5) is 3.26. The highest BCUT2D eigenvalue weighted by Gasteiger charge is 2.33. The van der Waals surface area contributed by atoms with Crippen LogP contribution in [0.1, 0.15) is 39.0 Å². The molecule has 1 heterocycles. The van der Waals surface area contributed by atoms with Crippen molar-refractivity contribution in [1.29, 1.82) is 0 Å². The van der Waals surface area contributed by atoms with Crippen molar-refractivity contribution in [2.45, 2.75) is 45.6 Å². The molecule has 0 saturated heterocycles. The number of benzene rings is 1. The molecule has 1 aliphatic carbocycles. The zero-order valence-electron chi connectivity index (χ0n) is 11.2. The fourth-order valence-corrected chi connectivity index (χ4v) is 3.87. The van der Waals surface area contributed by atoms with Gasteiger partial charge in [0.15, 0.2) is 4.77 Å². The number of hydrogen-bond donors (Lipinski definition) is 1. The Morgan fingerprint density at radius 2 is 2.11 bits per heavy atom. The molecule has 0 spiro atoms. The Kier molecular flexibility index (Phi) is 3.44. The van der Waals surface area contributed by atoms with Crippen LogP contribution in [0.3, 0.4) is 0 Å². The average Bonchev–Trinajstić information content (AvgIpc) is 2.99. The molecule has 0 amide bonds. The Hall–Kier alpha value is -0.800. The molecular formula is C15H19ClN2S. The van der Waals surface area contributed by atoms with Gasteiger partial charge in [0.25, 0.3) is 0 Å². The Morgan fingerprint density at radius 1 is 1.37 bits per heavy atom. The molecule has 1 N–H and O–H groups in total. The number of rotatable bonds is 3. The summed E-state index contributed by atoms with van der Waals surface area (Å²) in [5.41, 5.74) is 2.53. The van der Waals surface area contributed by atoms with Crippen molar-refractivity contribution >= 4 is 34.9 Å². The molecule has 1 saturated carbocycles. The highest BCUT2D eigenvalue weighted by atomic mass is 35.5. The largest absolute Gasteiger partial charge is 0.329 e. The van der Waals surface area contributed by atoms with Crippen LogP contribution in [-0.4, -0.2) is 9.55 Å². The number of fused-ring (bicyclic) bond motifs is 1. The van der Waals surface area contributed by atoms with Gasteiger partial charge in [-0.25, -0.2) is 0 Å². The van der Waals surface area contributed by atoms with Crippen LogP contribution in [0.5, 0.6) is 0 Å². The molecule has 1 fully saturated rings. The van der Waals surface area contributed by atoms with Crippen LogP contribution >= 0.6 is 23.8 Å². The van der Waals surface area contributed by atoms with Crippen LogP contribution in [0.15, 0.2) is 18.2 Å². The second-order valence-corrected chi connectivity index (χ2v) is 6.50. The quantitative estimate of drug-likeness (QED) is 0.760. The standard InChI is InChI=1S/C15H19ClN2S/c1-2-15(8-3-4-9-15)10-18-12-7-5-6-11(16)13(12)17-14(18)19/h5-7H,2-4,8-10H2,1H3,(H,17,19). The second-order valence-electron chi connectivity index (χ2n) is 5.71. The van der Waals surface area contributed by atoms with Crippen LogP contribution < -0.4 is 0 Å². The minimum Gasteiger partial charge on any atom is -0.329 e. The lowest BCUT2D eigenvalue weighted by molar-refractivity contribution is 0.239. The third-order valence-electron chi connectivity index (χ3n) is 4.67. The molecule has 1 aliphatic rings. The third kappa shape index (κ3) is 2.23. The van der Waals surface area contributed by atoms with Crippen molar-refractivity contribution in [3.05, 3.63) is 28.0 Å². The zero-order chi connectivity index (χ0) is 13.5. The van der Waals surface area contributed by atoms with Gasteiger partial charge in [-0.15, -0.1) is 0 Å². The minimum absolute atomic E-state index is 0.426. The molecule has 3 rings (SSSR count). The van der Waals surface area contributed by atoms with E-state index in [0.717, 1.165) is 27.4 Å². The van der Waals surface area contributed by atoms with E-state index in [9.17, 15) is 0 Å². The molecule has 0 radical (unpaired) electrons. The number of para-hydroxylation sites is 1. The summed E-state index contributed by atoms with van der Waals surface area (Å²) in [6, 6.07) is 6.01. The van der Waals surface area contributed by atoms with Crippen LogP contribution in [0, 0.1) is 10.2 Å². The zero-order valence-corrected chi connectivity index (χ0v) is 12.8. The predicted molar refractivity (Wildman–Crippen MR) is 83.3 cm³/mol. The number of nitrogens with zero attached hydrogens (tertiary/aromatic N) is 1. The number of H-pyrrole nitrogens is 1. The fourth-order valence-electron chi connectivity index (χ4n) is 3.39. The molecule has 0 aliphatic heterocycles. The van der Waals surface area contributed by atoms with Crippen LogP contribution in [0.2, 0.25) is 5.02 Å². The van der Waals surface area contributed by atoms with Crippen molar-refractivity contribution < 1.29 is 0 Å². The topological polar surface area (TPSA) is 20.7 Å². The molecular weight excluding hydrogens is 276 g/mol. The van der Waals surface area contributed by atoms with E-state index >= 15 is 0 Å². The molecule has 4 heteroatoms. The van der Waals surface area contributed by atoms with Crippen molar-refractivity contribution in [3.63, 3.8) is 0 Å². The van der Waals surface area contributed by atoms with E-state index in [4.69, 9.17) is 23.8 Å². The van der Waals surface area contributed by atoms with Gasteiger partial charge in [0, 0.05) is 6.54 Å². The number of aromatic amines is 1. The number of hydrogen-bond acceptors (Lipinski definition) is 1. The van der Waals surface area contributed by atoms with E-state index in [1.54, 1.807) is 0 Å². The van der Waals surface area contributed by atoms with Gasteiger partial charge in [0.2, 0.25) is 0 Å². The highest BCUT2D eigenvalue weighted by Crippen LogP contribution is 2.43. The molecule has 2 aromatic rings. The summed E-state index contributed by atoms with van der Waals surface area (Å²) < 4.78 is 3.04. The first kappa shape index (κ1) is 13.2. The summed E-state index contributed by atoms with van der Waals surface area (Å²) >= 11 is 11.7. The molecule has 2 nitrogen and oxygen atoms in total. The van der Waals surface area contributed by atoms with Gasteiger partial charge in [-0.05, 0) is 49.0 Å². The Balaban J connectivity index is 2.08. The molecule has 0 atom stereocenters. The summed E-state index contributed by atoms with van der Waals surface area (Å²) in [5, 5.41) is 0.749. The lowest BCUT2D eigenvalue weighted by atomic mass is 9.83. The lowest BCUT2D eigenvalue weighted by Gasteiger charge is -2.28. The normalized spacial score (nSPS) is 18.2. The Bertz CT molecular complexity index is 650. The Morgan fingerprint density at radius 3 is 2.79 bits per heavy atom. The second kappa shape index (κ2) is 4.95. The summed E-state index contributed by atoms with van der Waals surface area (Å²) in [5.74, 6) is 0. The van der Waals surface area contributed by atoms with Crippen LogP contribution in [0.4, 0.5) is 0 Å². The van der Waals surface area contributed by atoms with Crippen molar-refractivity contribution in [3.8, 4) is 0 Å². The minimum atomic E-state index is 0.426. The first-order valence-electron chi connectivity index (χ1n) is 7.02. The lowest BCUT2D eigenvalue weighted by Crippen LogP contribution is -2.22. The van der Waals surface area contributed by atoms with Gasteiger partial charge in [0.05, 0.1) is 16.1 Å². The molecule has 0 unspecified atom stereocenters. The average molecular weight is 295 g/mol. The van der Waals surface area contributed by atoms with E-state index in [1.165, 1.54) is 32.1 Å². The fraction of sp³-hybridized carbons (Fsp3) is 0.533. The van der Waals surface area contributed by atoms with Crippen molar-refractivity contribution in [2.75, 3.05) is 0 Å². The Labute approximate surface area is 123 Å². The predicted octanol–water partition coefficient (Wildman–Crippen LogP) is 5.32. The number of imidazole rings is 1. The number of halogens is 1. The van der Waals surface area contributed by atoms with Crippen molar-refractivity contribution in [2.24, 2.45) is 5.41 Å². The van der Waals surface area contributed by atoms with E-state index in [1.807, 2.05) is 12.1 Å². The third-order valence-corrected chi connectivity index (χ3v) is 5.30. The SMILES string of the molecule is CCC1(Cn2c(=S)[nH]c3c(Cl)cccc32)CCCC1. The molecule has 102 valence electrons. The van der Waals surface area contributed by atoms with Crippen LogP contribution in [0.25, 0.3) is 11.0 Å². The number of aromatic nitrogens is 2. The van der Waals surface area contributed by atoms with Gasteiger partial charge in [-0.2, -0.15) is 0 Å². The first-order chi connectivity index (χ1) is 9.15. The molecule has 19 heavy (non-hydrogen) atoms. The van der Waals surface area contributed by atoms with Gasteiger partial charge in [-0.3, -0.25) is 0 Å².